The minimum absolute atomic E-state index is 0.119. The van der Waals surface area contributed by atoms with Gasteiger partial charge in [0.1, 0.15) is 22.7 Å². The minimum atomic E-state index is 0.119. The number of hydrogen-bond donors (Lipinski definition) is 0. The fourth-order valence-corrected chi connectivity index (χ4v) is 13.4. The van der Waals surface area contributed by atoms with Gasteiger partial charge in [0.2, 0.25) is 0 Å². The van der Waals surface area contributed by atoms with E-state index in [2.05, 4.69) is 278 Å². The largest absolute Gasteiger partial charge is 0.461 e. The molecule has 12 aromatic carbocycles. The Labute approximate surface area is 503 Å². The van der Waals surface area contributed by atoms with Crippen LogP contribution in [0.3, 0.4) is 0 Å². The molecule has 1 aliphatic heterocycles. The molecule has 0 saturated heterocycles. The first-order valence-electron chi connectivity index (χ1n) is 29.7. The zero-order valence-corrected chi connectivity index (χ0v) is 47.2. The van der Waals surface area contributed by atoms with E-state index in [1.807, 2.05) is 24.3 Å². The van der Waals surface area contributed by atoms with Crippen LogP contribution in [0.5, 0.6) is 5.75 Å². The zero-order chi connectivity index (χ0) is 57.4. The number of ether oxygens (including phenoxy) is 1. The van der Waals surface area contributed by atoms with Gasteiger partial charge in [0.15, 0.2) is 17.5 Å². The topological polar surface area (TPSA) is 66.0 Å². The maximum Gasteiger partial charge on any atom is 0.164 e. The van der Waals surface area contributed by atoms with E-state index in [4.69, 9.17) is 24.1 Å². The zero-order valence-electron chi connectivity index (χ0n) is 47.2. The Morgan fingerprint density at radius 1 is 0.345 bits per heavy atom. The fourth-order valence-electron chi connectivity index (χ4n) is 13.4. The molecule has 1 aliphatic carbocycles. The number of benzene rings is 12. The lowest BCUT2D eigenvalue weighted by Gasteiger charge is -2.23. The van der Waals surface area contributed by atoms with Crippen LogP contribution in [0.2, 0.25) is 0 Å². The molecule has 0 fully saturated rings. The van der Waals surface area contributed by atoms with Gasteiger partial charge < -0.3 is 13.7 Å². The molecule has 17 rings (SSSR count). The van der Waals surface area contributed by atoms with Crippen molar-refractivity contribution < 1.29 is 9.15 Å². The van der Waals surface area contributed by atoms with Crippen LogP contribution in [0.1, 0.15) is 23.7 Å². The third-order valence-electron chi connectivity index (χ3n) is 17.4. The van der Waals surface area contributed by atoms with Gasteiger partial charge in [0.25, 0.3) is 0 Å². The molecule has 6 nitrogen and oxygen atoms in total. The van der Waals surface area contributed by atoms with Gasteiger partial charge >= 0.3 is 0 Å². The van der Waals surface area contributed by atoms with Crippen molar-refractivity contribution in [2.45, 2.75) is 12.3 Å². The number of hydrogen-bond acceptors (Lipinski definition) is 5. The molecule has 0 N–H and O–H groups in total. The molecule has 2 aliphatic rings. The molecule has 408 valence electrons. The summed E-state index contributed by atoms with van der Waals surface area (Å²) >= 11 is 0. The van der Waals surface area contributed by atoms with Crippen LogP contribution in [0, 0.1) is 0 Å². The first kappa shape index (κ1) is 50.1. The first-order valence-corrected chi connectivity index (χ1v) is 29.7. The second-order valence-electron chi connectivity index (χ2n) is 22.5. The summed E-state index contributed by atoms with van der Waals surface area (Å²) in [6.45, 7) is 0. The summed E-state index contributed by atoms with van der Waals surface area (Å²) in [6.07, 6.45) is 5.12. The van der Waals surface area contributed by atoms with Crippen LogP contribution in [0.4, 0.5) is 0 Å². The van der Waals surface area contributed by atoms with Gasteiger partial charge in [-0.15, -0.1) is 0 Å². The number of para-hydroxylation sites is 2. The molecular weight excluding hydrogens is 1060 g/mol. The second-order valence-corrected chi connectivity index (χ2v) is 22.5. The summed E-state index contributed by atoms with van der Waals surface area (Å²) in [6, 6.07) is 102. The smallest absolute Gasteiger partial charge is 0.164 e. The van der Waals surface area contributed by atoms with E-state index in [-0.39, 0.29) is 5.92 Å². The second kappa shape index (κ2) is 20.7. The first-order chi connectivity index (χ1) is 43.1. The van der Waals surface area contributed by atoms with Crippen molar-refractivity contribution in [3.05, 3.63) is 314 Å². The Kier molecular flexibility index (Phi) is 11.9. The van der Waals surface area contributed by atoms with E-state index in [9.17, 15) is 0 Å². The van der Waals surface area contributed by atoms with Crippen molar-refractivity contribution in [1.82, 2.24) is 19.5 Å². The predicted octanol–water partition coefficient (Wildman–Crippen LogP) is 21.1. The average molecular weight is 1110 g/mol. The predicted molar refractivity (Wildman–Crippen MR) is 355 cm³/mol. The van der Waals surface area contributed by atoms with Crippen LogP contribution in [-0.2, 0) is 0 Å². The summed E-state index contributed by atoms with van der Waals surface area (Å²) in [7, 11) is 0. The van der Waals surface area contributed by atoms with Crippen molar-refractivity contribution in [1.29, 1.82) is 0 Å². The summed E-state index contributed by atoms with van der Waals surface area (Å²) in [5, 5.41) is 4.42. The van der Waals surface area contributed by atoms with Gasteiger partial charge in [0, 0.05) is 72.0 Å². The molecule has 0 amide bonds. The van der Waals surface area contributed by atoms with E-state index in [0.29, 0.717) is 17.5 Å². The van der Waals surface area contributed by atoms with Crippen molar-refractivity contribution >= 4 is 49.3 Å². The van der Waals surface area contributed by atoms with Gasteiger partial charge in [-0.1, -0.05) is 255 Å². The summed E-state index contributed by atoms with van der Waals surface area (Å²) < 4.78 is 15.7. The Bertz CT molecular complexity index is 5040. The molecule has 3 aromatic heterocycles. The lowest BCUT2D eigenvalue weighted by molar-refractivity contribution is 0.426. The Morgan fingerprint density at radius 2 is 0.782 bits per heavy atom. The normalized spacial score (nSPS) is 13.6. The number of allylic oxidation sites excluding steroid dienone is 4. The Balaban J connectivity index is 1.01. The molecule has 1 unspecified atom stereocenters. The van der Waals surface area contributed by atoms with Gasteiger partial charge in [-0.2, -0.15) is 0 Å². The molecule has 1 atom stereocenters. The number of nitrogens with zero attached hydrogens (tertiary/aromatic N) is 4. The molecule has 0 radical (unpaired) electrons. The number of furan rings is 1. The van der Waals surface area contributed by atoms with Gasteiger partial charge in [0.05, 0.1) is 16.7 Å². The van der Waals surface area contributed by atoms with Crippen LogP contribution >= 0.6 is 0 Å². The molecule has 0 saturated carbocycles. The van der Waals surface area contributed by atoms with E-state index in [1.165, 1.54) is 5.56 Å². The number of rotatable bonds is 10. The molecule has 6 heteroatoms. The molecule has 0 spiro atoms. The Morgan fingerprint density at radius 3 is 1.33 bits per heavy atom. The molecule has 4 heterocycles. The third-order valence-corrected chi connectivity index (χ3v) is 17.4. The van der Waals surface area contributed by atoms with Crippen LogP contribution in [0.15, 0.2) is 307 Å². The highest BCUT2D eigenvalue weighted by Gasteiger charge is 2.33. The molecule has 15 aromatic rings. The van der Waals surface area contributed by atoms with Crippen molar-refractivity contribution in [2.75, 3.05) is 0 Å². The molecule has 0 bridgehead atoms. The monoisotopic (exact) mass is 1110 g/mol. The maximum absolute atomic E-state index is 6.58. The highest BCUT2D eigenvalue weighted by Crippen LogP contribution is 2.53. The van der Waals surface area contributed by atoms with Crippen molar-refractivity contribution in [3.8, 4) is 101 Å². The summed E-state index contributed by atoms with van der Waals surface area (Å²) in [5.74, 6) is 3.53. The minimum Gasteiger partial charge on any atom is -0.461 e. The highest BCUT2D eigenvalue weighted by molar-refractivity contribution is 6.26. The van der Waals surface area contributed by atoms with Crippen molar-refractivity contribution in [3.63, 3.8) is 0 Å². The summed E-state index contributed by atoms with van der Waals surface area (Å²) in [5.41, 5.74) is 21.6. The molecule has 87 heavy (non-hydrogen) atoms. The van der Waals surface area contributed by atoms with E-state index in [1.54, 1.807) is 0 Å². The molecular formula is C81H52N4O2. The summed E-state index contributed by atoms with van der Waals surface area (Å²) in [4.78, 5) is 16.5. The quantitative estimate of drug-likeness (QED) is 0.137. The van der Waals surface area contributed by atoms with E-state index >= 15 is 0 Å². The average Bonchev–Trinajstić information content (AvgIpc) is 1.64. The van der Waals surface area contributed by atoms with E-state index < -0.39 is 0 Å². The lowest BCUT2D eigenvalue weighted by Crippen LogP contribution is -2.08. The van der Waals surface area contributed by atoms with Gasteiger partial charge in [-0.3, -0.25) is 0 Å². The van der Waals surface area contributed by atoms with Gasteiger partial charge in [-0.25, -0.2) is 15.0 Å². The maximum atomic E-state index is 6.58. The van der Waals surface area contributed by atoms with Crippen LogP contribution in [0.25, 0.3) is 145 Å². The Hall–Kier alpha value is -11.5. The van der Waals surface area contributed by atoms with Crippen LogP contribution in [-0.4, -0.2) is 19.5 Å². The number of aromatic nitrogens is 4. The van der Waals surface area contributed by atoms with Crippen molar-refractivity contribution in [2.24, 2.45) is 0 Å². The highest BCUT2D eigenvalue weighted by atomic mass is 16.5. The SMILES string of the molecule is C1=C(c2nc(-c3cc(-c4ccccc4)c(-n4c5c(-c6ccccc6)ccc(-c6ccccc6)c5c5c(-c6ccccc6)ccc(-c6ccccc6)c54)c(-c4ccccc4)c3)nc(-c3ccc4c(c3)oc3ccccc34)n2)C=C2Oc3ccccc3C2C1. The standard InChI is InChI=1S/C81H52N4O2/c1-7-23-51(24-8-1)60-43-45-62(53-27-11-3-12-28-53)77-74(60)75-61(52-25-9-2-10-26-52)44-46-63(54-29-13-4-14-30-54)78(75)85(77)76-68(55-31-15-5-16-32-55)47-59(48-69(76)56-33-17-6-18-34-56)81-83-79(57-39-41-66-64-35-19-21-37-70(64)86-72(66)49-57)82-80(84-81)58-40-42-67-65-36-20-22-38-71(65)87-73(67)50-58/h1-41,43-50,67H,42H2. The van der Waals surface area contributed by atoms with E-state index in [0.717, 1.165) is 151 Å². The number of fused-ring (bicyclic) bond motifs is 9. The lowest BCUT2D eigenvalue weighted by atomic mass is 9.89. The van der Waals surface area contributed by atoms with Crippen LogP contribution < -0.4 is 4.74 Å². The third kappa shape index (κ3) is 8.52. The fraction of sp³-hybridized carbons (Fsp3) is 0.0247. The van der Waals surface area contributed by atoms with Gasteiger partial charge in [-0.05, 0) is 93.4 Å².